The summed E-state index contributed by atoms with van der Waals surface area (Å²) < 4.78 is 12.6. The van der Waals surface area contributed by atoms with Gasteiger partial charge in [0, 0.05) is 6.07 Å². The van der Waals surface area contributed by atoms with E-state index in [1.165, 1.54) is 0 Å². The maximum absolute atomic E-state index is 12.6. The molecule has 0 saturated heterocycles. The molecular formula is C19H19N5O3. The van der Waals surface area contributed by atoms with E-state index in [9.17, 15) is 4.79 Å². The first kappa shape index (κ1) is 17.0. The number of tetrazole rings is 1. The maximum atomic E-state index is 12.6. The molecule has 0 fully saturated rings. The molecule has 0 bridgehead atoms. The number of ether oxygens (including phenoxy) is 2. The van der Waals surface area contributed by atoms with Crippen LogP contribution in [0.25, 0.3) is 5.69 Å². The fraction of sp³-hybridized carbons (Fsp3) is 0.263. The molecule has 0 aliphatic carbocycles. The lowest BCUT2D eigenvalue weighted by Gasteiger charge is -2.24. The maximum Gasteiger partial charge on any atom is 0.227 e. The highest BCUT2D eigenvalue weighted by Crippen LogP contribution is 2.31. The van der Waals surface area contributed by atoms with Gasteiger partial charge >= 0.3 is 0 Å². The number of para-hydroxylation sites is 1. The highest BCUT2D eigenvalue weighted by Gasteiger charge is 2.26. The molecule has 1 atom stereocenters. The van der Waals surface area contributed by atoms with Gasteiger partial charge in [-0.25, -0.2) is 0 Å². The van der Waals surface area contributed by atoms with Crippen LogP contribution in [0.5, 0.6) is 11.5 Å². The van der Waals surface area contributed by atoms with Crippen LogP contribution in [-0.2, 0) is 17.8 Å². The molecule has 0 radical (unpaired) electrons. The Kier molecular flexibility index (Phi) is 4.69. The molecule has 1 N–H and O–H groups in total. The summed E-state index contributed by atoms with van der Waals surface area (Å²) in [5, 5.41) is 14.6. The van der Waals surface area contributed by atoms with Crippen molar-refractivity contribution in [1.82, 2.24) is 25.5 Å². The van der Waals surface area contributed by atoms with Gasteiger partial charge in [0.05, 0.1) is 25.3 Å². The smallest absolute Gasteiger partial charge is 0.227 e. The predicted molar refractivity (Wildman–Crippen MR) is 96.7 cm³/mol. The summed E-state index contributed by atoms with van der Waals surface area (Å²) in [7, 11) is 1.61. The zero-order valence-corrected chi connectivity index (χ0v) is 14.8. The van der Waals surface area contributed by atoms with Gasteiger partial charge in [-0.1, -0.05) is 24.3 Å². The van der Waals surface area contributed by atoms with Gasteiger partial charge in [-0.2, -0.15) is 4.68 Å². The van der Waals surface area contributed by atoms with E-state index < -0.39 is 0 Å². The van der Waals surface area contributed by atoms with Crippen molar-refractivity contribution in [2.75, 3.05) is 13.7 Å². The molecule has 0 saturated carbocycles. The topological polar surface area (TPSA) is 91.2 Å². The van der Waals surface area contributed by atoms with E-state index in [4.69, 9.17) is 9.47 Å². The monoisotopic (exact) mass is 365 g/mol. The van der Waals surface area contributed by atoms with Crippen LogP contribution in [0, 0.1) is 5.92 Å². The minimum atomic E-state index is -0.257. The molecule has 1 amide bonds. The number of benzene rings is 2. The van der Waals surface area contributed by atoms with Gasteiger partial charge in [0.25, 0.3) is 0 Å². The van der Waals surface area contributed by atoms with Crippen molar-refractivity contribution in [2.24, 2.45) is 5.92 Å². The Morgan fingerprint density at radius 1 is 1.30 bits per heavy atom. The Morgan fingerprint density at radius 3 is 2.96 bits per heavy atom. The molecule has 4 rings (SSSR count). The van der Waals surface area contributed by atoms with Crippen molar-refractivity contribution in [3.8, 4) is 17.2 Å². The van der Waals surface area contributed by atoms with Crippen LogP contribution in [0.2, 0.25) is 0 Å². The quantitative estimate of drug-likeness (QED) is 0.737. The Hall–Kier alpha value is -3.42. The summed E-state index contributed by atoms with van der Waals surface area (Å²) in [6.07, 6.45) is 0.620. The van der Waals surface area contributed by atoms with Crippen molar-refractivity contribution in [1.29, 1.82) is 0 Å². The van der Waals surface area contributed by atoms with Gasteiger partial charge in [0.15, 0.2) is 5.82 Å². The summed E-state index contributed by atoms with van der Waals surface area (Å²) in [6.45, 7) is 0.572. The summed E-state index contributed by atoms with van der Waals surface area (Å²) in [5.74, 6) is 1.73. The van der Waals surface area contributed by atoms with E-state index in [0.29, 0.717) is 18.9 Å². The van der Waals surface area contributed by atoms with Gasteiger partial charge in [-0.15, -0.1) is 5.10 Å². The second-order valence-electron chi connectivity index (χ2n) is 6.25. The van der Waals surface area contributed by atoms with E-state index in [1.54, 1.807) is 11.8 Å². The van der Waals surface area contributed by atoms with E-state index in [1.807, 2.05) is 48.5 Å². The first-order valence-electron chi connectivity index (χ1n) is 8.64. The molecule has 0 spiro atoms. The van der Waals surface area contributed by atoms with Crippen LogP contribution in [0.4, 0.5) is 0 Å². The molecule has 1 aliphatic heterocycles. The normalized spacial score (nSPS) is 15.5. The molecule has 138 valence electrons. The number of carbonyl (C=O) groups excluding carboxylic acids is 1. The number of carbonyl (C=O) groups is 1. The van der Waals surface area contributed by atoms with E-state index >= 15 is 0 Å². The minimum Gasteiger partial charge on any atom is -0.497 e. The number of nitrogens with one attached hydrogen (secondary N) is 1. The lowest BCUT2D eigenvalue weighted by atomic mass is 9.96. The van der Waals surface area contributed by atoms with E-state index in [-0.39, 0.29) is 18.4 Å². The third-order valence-corrected chi connectivity index (χ3v) is 4.51. The molecule has 8 heteroatoms. The van der Waals surface area contributed by atoms with Crippen molar-refractivity contribution in [2.45, 2.75) is 13.0 Å². The molecule has 2 aromatic carbocycles. The van der Waals surface area contributed by atoms with Crippen molar-refractivity contribution in [3.63, 3.8) is 0 Å². The van der Waals surface area contributed by atoms with Gasteiger partial charge in [0.1, 0.15) is 18.1 Å². The van der Waals surface area contributed by atoms with Crippen molar-refractivity contribution < 1.29 is 14.3 Å². The molecule has 3 aromatic rings. The zero-order chi connectivity index (χ0) is 18.6. The van der Waals surface area contributed by atoms with E-state index in [0.717, 1.165) is 22.7 Å². The number of fused-ring (bicyclic) bond motifs is 1. The number of hydrogen-bond donors (Lipinski definition) is 1. The highest BCUT2D eigenvalue weighted by atomic mass is 16.5. The molecular weight excluding hydrogens is 346 g/mol. The fourth-order valence-corrected chi connectivity index (χ4v) is 3.04. The van der Waals surface area contributed by atoms with Crippen molar-refractivity contribution in [3.05, 3.63) is 59.9 Å². The van der Waals surface area contributed by atoms with Crippen LogP contribution < -0.4 is 14.8 Å². The van der Waals surface area contributed by atoms with Crippen LogP contribution in [0.15, 0.2) is 48.5 Å². The van der Waals surface area contributed by atoms with Gasteiger partial charge in [-0.3, -0.25) is 4.79 Å². The second kappa shape index (κ2) is 7.45. The number of methoxy groups -OCH3 is 1. The van der Waals surface area contributed by atoms with E-state index in [2.05, 4.69) is 20.8 Å². The van der Waals surface area contributed by atoms with Gasteiger partial charge < -0.3 is 14.8 Å². The average molecular weight is 365 g/mol. The lowest BCUT2D eigenvalue weighted by Crippen LogP contribution is -2.37. The van der Waals surface area contributed by atoms with Crippen LogP contribution in [0.3, 0.4) is 0 Å². The van der Waals surface area contributed by atoms with Gasteiger partial charge in [-0.05, 0) is 40.6 Å². The summed E-state index contributed by atoms with van der Waals surface area (Å²) in [5.41, 5.74) is 1.84. The van der Waals surface area contributed by atoms with Gasteiger partial charge in [0.2, 0.25) is 5.91 Å². The first-order valence-corrected chi connectivity index (χ1v) is 8.64. The third-order valence-electron chi connectivity index (χ3n) is 4.51. The zero-order valence-electron chi connectivity index (χ0n) is 14.8. The van der Waals surface area contributed by atoms with Crippen LogP contribution in [0.1, 0.15) is 11.4 Å². The van der Waals surface area contributed by atoms with Crippen LogP contribution >= 0.6 is 0 Å². The SMILES string of the molecule is COc1ccc2c(c1)OC[C@@H](C(=O)NCc1nnnn1-c1ccccc1)C2. The number of hydrogen-bond acceptors (Lipinski definition) is 6. The molecule has 2 heterocycles. The summed E-state index contributed by atoms with van der Waals surface area (Å²) in [4.78, 5) is 12.6. The number of amides is 1. The second-order valence-corrected chi connectivity index (χ2v) is 6.25. The largest absolute Gasteiger partial charge is 0.497 e. The van der Waals surface area contributed by atoms with Crippen LogP contribution in [-0.4, -0.2) is 39.8 Å². The average Bonchev–Trinajstić information content (AvgIpc) is 3.20. The third kappa shape index (κ3) is 3.59. The fourth-order valence-electron chi connectivity index (χ4n) is 3.04. The minimum absolute atomic E-state index is 0.0842. The standard InChI is InChI=1S/C19H19N5O3/c1-26-16-8-7-13-9-14(12-27-17(13)10-16)19(25)20-11-18-21-22-23-24(18)15-5-3-2-4-6-15/h2-8,10,14H,9,11-12H2,1H3,(H,20,25)/t14-/m0/s1. The Bertz CT molecular complexity index is 942. The number of rotatable bonds is 5. The lowest BCUT2D eigenvalue weighted by molar-refractivity contribution is -0.126. The number of aromatic nitrogens is 4. The Balaban J connectivity index is 1.40. The van der Waals surface area contributed by atoms with Crippen molar-refractivity contribution >= 4 is 5.91 Å². The predicted octanol–water partition coefficient (Wildman–Crippen LogP) is 1.54. The highest BCUT2D eigenvalue weighted by molar-refractivity contribution is 5.79. The molecule has 0 unspecified atom stereocenters. The molecule has 8 nitrogen and oxygen atoms in total. The summed E-state index contributed by atoms with van der Waals surface area (Å²) in [6, 6.07) is 15.2. The molecule has 27 heavy (non-hydrogen) atoms. The number of nitrogens with zero attached hydrogens (tertiary/aromatic N) is 4. The molecule has 1 aliphatic rings. The Morgan fingerprint density at radius 2 is 2.15 bits per heavy atom. The first-order chi connectivity index (χ1) is 13.2. The molecule has 1 aromatic heterocycles. The Labute approximate surface area is 156 Å². The summed E-state index contributed by atoms with van der Waals surface area (Å²) >= 11 is 0.